The van der Waals surface area contributed by atoms with Gasteiger partial charge in [-0.1, -0.05) is 0 Å². The number of rotatable bonds is 3. The molecule has 3 saturated heterocycles. The number of piperazine rings is 1. The number of piperidine rings is 1. The van der Waals surface area contributed by atoms with Crippen molar-refractivity contribution in [1.82, 2.24) is 29.1 Å². The summed E-state index contributed by atoms with van der Waals surface area (Å²) in [6.07, 6.45) is 5.42. The molecule has 2 unspecified atom stereocenters. The maximum Gasteiger partial charge on any atom is 0.245 e. The van der Waals surface area contributed by atoms with Gasteiger partial charge in [-0.2, -0.15) is 8.82 Å². The van der Waals surface area contributed by atoms with Crippen molar-refractivity contribution in [3.05, 3.63) is 43.0 Å². The Labute approximate surface area is 144 Å². The lowest BCUT2D eigenvalue weighted by Gasteiger charge is -2.55. The lowest BCUT2D eigenvalue weighted by atomic mass is 9.91. The predicted molar refractivity (Wildman–Crippen MR) is 88.4 cm³/mol. The normalized spacial score (nSPS) is 23.6. The van der Waals surface area contributed by atoms with Gasteiger partial charge >= 0.3 is 0 Å². The first-order valence-corrected chi connectivity index (χ1v) is 9.42. The largest absolute Gasteiger partial charge is 0.352 e. The highest BCUT2D eigenvalue weighted by Gasteiger charge is 2.51. The number of anilines is 1. The fourth-order valence-electron chi connectivity index (χ4n) is 3.66. The van der Waals surface area contributed by atoms with Crippen molar-refractivity contribution in [2.45, 2.75) is 23.4 Å². The summed E-state index contributed by atoms with van der Waals surface area (Å²) in [6, 6.07) is 6.92. The molecule has 2 atom stereocenters. The predicted octanol–water partition coefficient (Wildman–Crippen LogP) is 0.171. The van der Waals surface area contributed by atoms with E-state index in [0.717, 1.165) is 12.2 Å². The summed E-state index contributed by atoms with van der Waals surface area (Å²) in [5, 5.41) is 12.3. The zero-order valence-corrected chi connectivity index (χ0v) is 14.0. The third-order valence-corrected chi connectivity index (χ3v) is 6.80. The van der Waals surface area contributed by atoms with Crippen LogP contribution in [-0.2, 0) is 10.0 Å². The zero-order valence-electron chi connectivity index (χ0n) is 13.2. The number of aromatic nitrogens is 5. The van der Waals surface area contributed by atoms with E-state index < -0.39 is 10.0 Å². The number of nitrogens with zero attached hydrogens (tertiary/aromatic N) is 7. The van der Waals surface area contributed by atoms with Crippen LogP contribution in [0.2, 0.25) is 0 Å². The van der Waals surface area contributed by atoms with Crippen LogP contribution in [0.4, 0.5) is 5.82 Å². The number of hydrogen-bond acceptors (Lipinski definition) is 7. The number of fused-ring (bicyclic) bond motifs is 3. The molecular weight excluding hydrogens is 342 g/mol. The first-order chi connectivity index (χ1) is 12.1. The molecule has 0 aliphatic carbocycles. The lowest BCUT2D eigenvalue weighted by molar-refractivity contribution is 0.0873. The van der Waals surface area contributed by atoms with Gasteiger partial charge < -0.3 is 4.90 Å². The molecule has 0 aromatic carbocycles. The molecule has 6 heterocycles. The molecule has 0 saturated carbocycles. The van der Waals surface area contributed by atoms with E-state index in [1.54, 1.807) is 33.5 Å². The van der Waals surface area contributed by atoms with Crippen molar-refractivity contribution in [3.63, 3.8) is 0 Å². The van der Waals surface area contributed by atoms with E-state index in [0.29, 0.717) is 18.7 Å². The van der Waals surface area contributed by atoms with Gasteiger partial charge in [-0.05, 0) is 30.7 Å². The Balaban J connectivity index is 1.40. The van der Waals surface area contributed by atoms with Gasteiger partial charge in [0.05, 0.1) is 0 Å². The summed E-state index contributed by atoms with van der Waals surface area (Å²) in [4.78, 5) is 6.30. The van der Waals surface area contributed by atoms with Crippen molar-refractivity contribution in [2.75, 3.05) is 18.0 Å². The minimum atomic E-state index is -3.49. The summed E-state index contributed by atoms with van der Waals surface area (Å²) in [7, 11) is -3.49. The second-order valence-electron chi connectivity index (χ2n) is 6.30. The highest BCUT2D eigenvalue weighted by molar-refractivity contribution is 7.89. The quantitative estimate of drug-likeness (QED) is 0.659. The molecule has 0 N–H and O–H groups in total. The van der Waals surface area contributed by atoms with Gasteiger partial charge in [0.1, 0.15) is 17.0 Å². The van der Waals surface area contributed by atoms with Crippen molar-refractivity contribution in [3.8, 4) is 0 Å². The molecule has 9 nitrogen and oxygen atoms in total. The first kappa shape index (κ1) is 14.7. The molecule has 3 aliphatic heterocycles. The third-order valence-electron chi connectivity index (χ3n) is 4.81. The summed E-state index contributed by atoms with van der Waals surface area (Å²) >= 11 is 0. The summed E-state index contributed by atoms with van der Waals surface area (Å²) in [5.41, 5.74) is 0.687. The van der Waals surface area contributed by atoms with E-state index in [2.05, 4.69) is 25.2 Å². The summed E-state index contributed by atoms with van der Waals surface area (Å²) < 4.78 is 28.9. The minimum Gasteiger partial charge on any atom is -0.352 e. The van der Waals surface area contributed by atoms with Crippen molar-refractivity contribution >= 4 is 21.5 Å². The standard InChI is InChI=1S/C15H15N7O2S/c23-25(24,13-2-1-5-16-7-13)22-11-6-12(22)9-20(8-11)15-4-3-14-18-17-10-21(14)19-15/h1-5,7,10-12H,6,8-9H2. The Morgan fingerprint density at radius 3 is 2.72 bits per heavy atom. The van der Waals surface area contributed by atoms with Gasteiger partial charge in [-0.25, -0.2) is 8.42 Å². The molecule has 2 bridgehead atoms. The Hall–Kier alpha value is -2.59. The molecule has 0 amide bonds. The number of hydrogen-bond donors (Lipinski definition) is 0. The molecule has 0 spiro atoms. The molecule has 128 valence electrons. The Morgan fingerprint density at radius 1 is 1.12 bits per heavy atom. The van der Waals surface area contributed by atoms with Gasteiger partial charge in [0.25, 0.3) is 0 Å². The van der Waals surface area contributed by atoms with Gasteiger partial charge in [0, 0.05) is 37.6 Å². The topological polar surface area (TPSA) is 96.6 Å². The maximum absolute atomic E-state index is 12.8. The van der Waals surface area contributed by atoms with Crippen LogP contribution in [-0.4, -0.2) is 62.7 Å². The van der Waals surface area contributed by atoms with Crippen molar-refractivity contribution in [1.29, 1.82) is 0 Å². The van der Waals surface area contributed by atoms with E-state index >= 15 is 0 Å². The smallest absolute Gasteiger partial charge is 0.245 e. The van der Waals surface area contributed by atoms with Gasteiger partial charge in [0.15, 0.2) is 5.65 Å². The Kier molecular flexibility index (Phi) is 3.06. The highest BCUT2D eigenvalue weighted by atomic mass is 32.2. The van der Waals surface area contributed by atoms with Crippen molar-refractivity contribution < 1.29 is 8.42 Å². The fourth-order valence-corrected chi connectivity index (χ4v) is 5.44. The molecule has 3 aromatic rings. The van der Waals surface area contributed by atoms with Crippen LogP contribution in [0.1, 0.15) is 6.42 Å². The summed E-state index contributed by atoms with van der Waals surface area (Å²) in [5.74, 6) is 0.806. The molecule has 6 rings (SSSR count). The number of sulfonamides is 1. The first-order valence-electron chi connectivity index (χ1n) is 7.98. The molecule has 3 aromatic heterocycles. The summed E-state index contributed by atoms with van der Waals surface area (Å²) in [6.45, 7) is 1.24. The Bertz CT molecular complexity index is 1020. The second-order valence-corrected chi connectivity index (χ2v) is 8.14. The van der Waals surface area contributed by atoms with Crippen molar-refractivity contribution in [2.24, 2.45) is 0 Å². The monoisotopic (exact) mass is 357 g/mol. The molecular formula is C15H15N7O2S. The molecule has 25 heavy (non-hydrogen) atoms. The van der Waals surface area contributed by atoms with Crippen LogP contribution >= 0.6 is 0 Å². The SMILES string of the molecule is O=S(=O)(c1cccnc1)N1C2CC1CN(c1ccc3nncn3n1)C2. The van der Waals surface area contributed by atoms with E-state index in [9.17, 15) is 8.42 Å². The van der Waals surface area contributed by atoms with Gasteiger partial charge in [-0.3, -0.25) is 4.98 Å². The van der Waals surface area contributed by atoms with Crippen LogP contribution in [0.25, 0.3) is 5.65 Å². The zero-order chi connectivity index (χ0) is 17.0. The maximum atomic E-state index is 12.8. The van der Waals surface area contributed by atoms with E-state index in [4.69, 9.17) is 0 Å². The Morgan fingerprint density at radius 2 is 1.96 bits per heavy atom. The fraction of sp³-hybridized carbons (Fsp3) is 0.333. The highest BCUT2D eigenvalue weighted by Crippen LogP contribution is 2.38. The van der Waals surface area contributed by atoms with E-state index in [-0.39, 0.29) is 17.0 Å². The van der Waals surface area contributed by atoms with Gasteiger partial charge in [0.2, 0.25) is 10.0 Å². The van der Waals surface area contributed by atoms with Crippen LogP contribution < -0.4 is 4.90 Å². The second kappa shape index (κ2) is 5.20. The minimum absolute atomic E-state index is 0.0395. The van der Waals surface area contributed by atoms with E-state index in [1.165, 1.54) is 6.20 Å². The molecule has 3 aliphatic rings. The van der Waals surface area contributed by atoms with Crippen LogP contribution in [0.15, 0.2) is 47.9 Å². The average Bonchev–Trinajstić information content (AvgIpc) is 3.10. The van der Waals surface area contributed by atoms with Crippen LogP contribution in [0, 0.1) is 0 Å². The molecule has 3 fully saturated rings. The molecule has 10 heteroatoms. The van der Waals surface area contributed by atoms with Crippen LogP contribution in [0.5, 0.6) is 0 Å². The van der Waals surface area contributed by atoms with Crippen LogP contribution in [0.3, 0.4) is 0 Å². The third kappa shape index (κ3) is 2.21. The lowest BCUT2D eigenvalue weighted by Crippen LogP contribution is -2.70. The van der Waals surface area contributed by atoms with Gasteiger partial charge in [-0.15, -0.1) is 15.3 Å². The molecule has 0 radical (unpaired) electrons. The average molecular weight is 357 g/mol. The van der Waals surface area contributed by atoms with E-state index in [1.807, 2.05) is 12.1 Å². The number of pyridine rings is 1.